The average molecular weight is 257 g/mol. The van der Waals surface area contributed by atoms with Crippen molar-refractivity contribution in [1.29, 1.82) is 0 Å². The molecule has 4 heteroatoms. The van der Waals surface area contributed by atoms with Gasteiger partial charge in [-0.25, -0.2) is 4.79 Å². The van der Waals surface area contributed by atoms with Crippen molar-refractivity contribution in [1.82, 2.24) is 9.97 Å². The zero-order valence-corrected chi connectivity index (χ0v) is 11.5. The summed E-state index contributed by atoms with van der Waals surface area (Å²) >= 11 is 0. The number of nitrogens with one attached hydrogen (secondary N) is 2. The number of hydrogen-bond donors (Lipinski definition) is 2. The number of H-pyrrole nitrogens is 1. The van der Waals surface area contributed by atoms with E-state index in [1.165, 1.54) is 5.56 Å². The minimum atomic E-state index is -0.340. The van der Waals surface area contributed by atoms with Crippen LogP contribution >= 0.6 is 0 Å². The van der Waals surface area contributed by atoms with Gasteiger partial charge in [-0.15, -0.1) is 0 Å². The molecule has 0 aliphatic heterocycles. The molecular weight excluding hydrogens is 238 g/mol. The Bertz CT molecular complexity index is 594. The molecule has 0 aliphatic carbocycles. The maximum absolute atomic E-state index is 11.0. The third-order valence-corrected chi connectivity index (χ3v) is 2.96. The van der Waals surface area contributed by atoms with Crippen molar-refractivity contribution >= 4 is 5.82 Å². The van der Waals surface area contributed by atoms with Crippen molar-refractivity contribution in [2.45, 2.75) is 32.7 Å². The van der Waals surface area contributed by atoms with Gasteiger partial charge >= 0.3 is 5.69 Å². The van der Waals surface area contributed by atoms with E-state index in [1.807, 2.05) is 0 Å². The van der Waals surface area contributed by atoms with Crippen LogP contribution in [0, 0.1) is 0 Å². The molecule has 0 spiro atoms. The molecule has 4 nitrogen and oxygen atoms in total. The smallest absolute Gasteiger partial charge is 0.346 e. The van der Waals surface area contributed by atoms with Crippen molar-refractivity contribution in [3.8, 4) is 0 Å². The number of hydrogen-bond acceptors (Lipinski definition) is 3. The highest BCUT2D eigenvalue weighted by Gasteiger charge is 2.12. The van der Waals surface area contributed by atoms with E-state index >= 15 is 0 Å². The van der Waals surface area contributed by atoms with Gasteiger partial charge in [0.05, 0.1) is 0 Å². The molecule has 0 saturated carbocycles. The zero-order valence-electron chi connectivity index (χ0n) is 11.5. The average Bonchev–Trinajstić information content (AvgIpc) is 2.36. The topological polar surface area (TPSA) is 57.8 Å². The highest BCUT2D eigenvalue weighted by Crippen LogP contribution is 2.22. The summed E-state index contributed by atoms with van der Waals surface area (Å²) in [5.74, 6) is 0.587. The van der Waals surface area contributed by atoms with E-state index in [0.29, 0.717) is 12.4 Å². The number of nitrogens with zero attached hydrogens (tertiary/aromatic N) is 1. The van der Waals surface area contributed by atoms with Crippen molar-refractivity contribution in [2.24, 2.45) is 0 Å². The van der Waals surface area contributed by atoms with E-state index in [-0.39, 0.29) is 11.1 Å². The van der Waals surface area contributed by atoms with E-state index in [9.17, 15) is 4.79 Å². The second-order valence-electron chi connectivity index (χ2n) is 5.58. The monoisotopic (exact) mass is 257 g/mol. The van der Waals surface area contributed by atoms with Crippen LogP contribution in [0.2, 0.25) is 0 Å². The highest BCUT2D eigenvalue weighted by molar-refractivity contribution is 5.34. The molecule has 0 bridgehead atoms. The molecule has 2 rings (SSSR count). The minimum absolute atomic E-state index is 0.167. The zero-order chi connectivity index (χ0) is 13.9. The van der Waals surface area contributed by atoms with Crippen LogP contribution in [0.3, 0.4) is 0 Å². The maximum Gasteiger partial charge on any atom is 0.346 e. The van der Waals surface area contributed by atoms with Crippen LogP contribution in [-0.4, -0.2) is 9.97 Å². The molecule has 1 aromatic carbocycles. The van der Waals surface area contributed by atoms with E-state index in [0.717, 1.165) is 5.56 Å². The Morgan fingerprint density at radius 1 is 1.16 bits per heavy atom. The summed E-state index contributed by atoms with van der Waals surface area (Å²) in [5, 5.41) is 3.13. The molecule has 0 fully saturated rings. The first-order valence-electron chi connectivity index (χ1n) is 6.34. The van der Waals surface area contributed by atoms with Gasteiger partial charge in [-0.05, 0) is 22.6 Å². The summed E-state index contributed by atoms with van der Waals surface area (Å²) in [7, 11) is 0. The lowest BCUT2D eigenvalue weighted by Crippen LogP contribution is -2.13. The first-order valence-corrected chi connectivity index (χ1v) is 6.34. The summed E-state index contributed by atoms with van der Waals surface area (Å²) in [6, 6.07) is 10.2. The number of benzene rings is 1. The van der Waals surface area contributed by atoms with Gasteiger partial charge < -0.3 is 10.3 Å². The molecular formula is C15H19N3O. The third-order valence-electron chi connectivity index (χ3n) is 2.96. The number of aromatic amines is 1. The van der Waals surface area contributed by atoms with Crippen LogP contribution in [0.25, 0.3) is 0 Å². The Kier molecular flexibility index (Phi) is 3.69. The molecule has 100 valence electrons. The molecule has 19 heavy (non-hydrogen) atoms. The maximum atomic E-state index is 11.0. The first-order chi connectivity index (χ1) is 8.95. The molecule has 2 aromatic rings. The van der Waals surface area contributed by atoms with Crippen molar-refractivity contribution in [3.05, 3.63) is 58.1 Å². The molecule has 0 aliphatic rings. The van der Waals surface area contributed by atoms with Crippen molar-refractivity contribution in [2.75, 3.05) is 5.32 Å². The highest BCUT2D eigenvalue weighted by atomic mass is 16.1. The SMILES string of the molecule is CC(C)(C)c1ccc(CNc2cc[nH]c(=O)n2)cc1. The van der Waals surface area contributed by atoms with Gasteiger partial charge in [-0.2, -0.15) is 4.98 Å². The number of rotatable bonds is 3. The summed E-state index contributed by atoms with van der Waals surface area (Å²) in [5.41, 5.74) is 2.30. The van der Waals surface area contributed by atoms with Gasteiger partial charge in [0, 0.05) is 12.7 Å². The predicted molar refractivity (Wildman–Crippen MR) is 77.3 cm³/mol. The lowest BCUT2D eigenvalue weighted by Gasteiger charge is -2.19. The first kappa shape index (κ1) is 13.3. The Morgan fingerprint density at radius 2 is 1.84 bits per heavy atom. The minimum Gasteiger partial charge on any atom is -0.366 e. The van der Waals surface area contributed by atoms with Gasteiger partial charge in [0.25, 0.3) is 0 Å². The molecule has 1 heterocycles. The molecule has 2 N–H and O–H groups in total. The summed E-state index contributed by atoms with van der Waals surface area (Å²) < 4.78 is 0. The van der Waals surface area contributed by atoms with Crippen LogP contribution < -0.4 is 11.0 Å². The third kappa shape index (κ3) is 3.68. The van der Waals surface area contributed by atoms with Gasteiger partial charge in [0.1, 0.15) is 5.82 Å². The second kappa shape index (κ2) is 5.26. The van der Waals surface area contributed by atoms with E-state index in [4.69, 9.17) is 0 Å². The fourth-order valence-electron chi connectivity index (χ4n) is 1.78. The quantitative estimate of drug-likeness (QED) is 0.888. The Balaban J connectivity index is 2.03. The van der Waals surface area contributed by atoms with Crippen LogP contribution in [-0.2, 0) is 12.0 Å². The summed E-state index contributed by atoms with van der Waals surface area (Å²) in [4.78, 5) is 17.4. The fraction of sp³-hybridized carbons (Fsp3) is 0.333. The molecule has 0 unspecified atom stereocenters. The van der Waals surface area contributed by atoms with Crippen molar-refractivity contribution < 1.29 is 0 Å². The Hall–Kier alpha value is -2.10. The molecule has 0 amide bonds. The van der Waals surface area contributed by atoms with E-state index in [1.54, 1.807) is 12.3 Å². The van der Waals surface area contributed by atoms with Gasteiger partial charge in [0.15, 0.2) is 0 Å². The van der Waals surface area contributed by atoms with Gasteiger partial charge in [0.2, 0.25) is 0 Å². The lowest BCUT2D eigenvalue weighted by molar-refractivity contribution is 0.590. The van der Waals surface area contributed by atoms with Gasteiger partial charge in [-0.3, -0.25) is 0 Å². The number of anilines is 1. The number of aromatic nitrogens is 2. The van der Waals surface area contributed by atoms with Gasteiger partial charge in [-0.1, -0.05) is 45.0 Å². The predicted octanol–water partition coefficient (Wildman–Crippen LogP) is 2.68. The summed E-state index contributed by atoms with van der Waals surface area (Å²) in [6.45, 7) is 7.24. The fourth-order valence-corrected chi connectivity index (χ4v) is 1.78. The van der Waals surface area contributed by atoms with Crippen LogP contribution in [0.1, 0.15) is 31.9 Å². The van der Waals surface area contributed by atoms with E-state index in [2.05, 4.69) is 60.3 Å². The summed E-state index contributed by atoms with van der Waals surface area (Å²) in [6.07, 6.45) is 1.58. The largest absolute Gasteiger partial charge is 0.366 e. The Morgan fingerprint density at radius 3 is 2.42 bits per heavy atom. The van der Waals surface area contributed by atoms with Crippen LogP contribution in [0.15, 0.2) is 41.3 Å². The standard InChI is InChI=1S/C15H19N3O/c1-15(2,3)12-6-4-11(5-7-12)10-17-13-8-9-16-14(19)18-13/h4-9H,10H2,1-3H3,(H2,16,17,18,19). The lowest BCUT2D eigenvalue weighted by atomic mass is 9.87. The van der Waals surface area contributed by atoms with Crippen molar-refractivity contribution in [3.63, 3.8) is 0 Å². The molecule has 0 atom stereocenters. The second-order valence-corrected chi connectivity index (χ2v) is 5.58. The van der Waals surface area contributed by atoms with E-state index < -0.39 is 0 Å². The Labute approximate surface area is 112 Å². The molecule has 1 aromatic heterocycles. The molecule has 0 saturated heterocycles. The van der Waals surface area contributed by atoms with Crippen LogP contribution in [0.5, 0.6) is 0 Å². The van der Waals surface area contributed by atoms with Crippen LogP contribution in [0.4, 0.5) is 5.82 Å². The molecule has 0 radical (unpaired) electrons. The normalized spacial score (nSPS) is 11.3.